The lowest BCUT2D eigenvalue weighted by atomic mass is 10.2. The molecule has 266 valence electrons. The fourth-order valence-corrected chi connectivity index (χ4v) is 3.92. The van der Waals surface area contributed by atoms with Gasteiger partial charge in [-0.1, -0.05) is 39.1 Å². The molecule has 10 heteroatoms. The van der Waals surface area contributed by atoms with Crippen molar-refractivity contribution in [2.75, 3.05) is 26.4 Å². The molecule has 3 rings (SSSR count). The zero-order chi connectivity index (χ0) is 36.4. The van der Waals surface area contributed by atoms with Crippen molar-refractivity contribution in [2.24, 2.45) is 0 Å². The number of ether oxygens (including phenoxy) is 6. The molecule has 50 heavy (non-hydrogen) atoms. The molecular formula is C40H46O10. The minimum atomic E-state index is -0.597. The number of hydrogen-bond donors (Lipinski definition) is 0. The van der Waals surface area contributed by atoms with Crippen LogP contribution >= 0.6 is 0 Å². The van der Waals surface area contributed by atoms with E-state index in [0.717, 1.165) is 63.9 Å². The van der Waals surface area contributed by atoms with E-state index in [2.05, 4.69) is 27.0 Å². The van der Waals surface area contributed by atoms with E-state index in [1.54, 1.807) is 54.6 Å². The molecule has 0 aliphatic carbocycles. The Hall–Kier alpha value is -5.48. The third-order valence-electron chi connectivity index (χ3n) is 6.44. The second kappa shape index (κ2) is 24.6. The third kappa shape index (κ3) is 17.6. The lowest BCUT2D eigenvalue weighted by Crippen LogP contribution is -2.08. The van der Waals surface area contributed by atoms with Gasteiger partial charge in [-0.2, -0.15) is 0 Å². The summed E-state index contributed by atoms with van der Waals surface area (Å²) in [7, 11) is 0. The number of unbranched alkanes of at least 4 members (excludes halogenated alkanes) is 3. The maximum absolute atomic E-state index is 12.5. The summed E-state index contributed by atoms with van der Waals surface area (Å²) < 4.78 is 31.5. The summed E-state index contributed by atoms with van der Waals surface area (Å²) in [5.74, 6) is -0.539. The van der Waals surface area contributed by atoms with E-state index in [4.69, 9.17) is 28.4 Å². The van der Waals surface area contributed by atoms with E-state index in [1.807, 2.05) is 0 Å². The van der Waals surface area contributed by atoms with Crippen molar-refractivity contribution in [3.8, 4) is 23.0 Å². The summed E-state index contributed by atoms with van der Waals surface area (Å²) in [6.45, 7) is 13.7. The van der Waals surface area contributed by atoms with E-state index < -0.39 is 23.9 Å². The first-order valence-corrected chi connectivity index (χ1v) is 16.5. The van der Waals surface area contributed by atoms with E-state index in [9.17, 15) is 19.2 Å². The van der Waals surface area contributed by atoms with Gasteiger partial charge < -0.3 is 28.4 Å². The Morgan fingerprint density at radius 3 is 1.62 bits per heavy atom. The molecule has 3 aromatic rings. The first-order chi connectivity index (χ1) is 24.3. The average molecular weight is 687 g/mol. The lowest BCUT2D eigenvalue weighted by Gasteiger charge is -2.08. The fourth-order valence-electron chi connectivity index (χ4n) is 3.92. The first kappa shape index (κ1) is 40.7. The van der Waals surface area contributed by atoms with Gasteiger partial charge >= 0.3 is 23.9 Å². The molecule has 0 spiro atoms. The largest absolute Gasteiger partial charge is 0.494 e. The van der Waals surface area contributed by atoms with E-state index in [0.29, 0.717) is 35.8 Å². The molecule has 0 atom stereocenters. The van der Waals surface area contributed by atoms with Gasteiger partial charge in [0.2, 0.25) is 0 Å². The minimum Gasteiger partial charge on any atom is -0.494 e. The summed E-state index contributed by atoms with van der Waals surface area (Å²) >= 11 is 0. The van der Waals surface area contributed by atoms with Crippen LogP contribution < -0.4 is 18.9 Å². The van der Waals surface area contributed by atoms with Gasteiger partial charge in [0.25, 0.3) is 0 Å². The van der Waals surface area contributed by atoms with Crippen molar-refractivity contribution < 1.29 is 47.6 Å². The Kier molecular flexibility index (Phi) is 20.0. The minimum absolute atomic E-state index is 0.277. The van der Waals surface area contributed by atoms with Gasteiger partial charge in [-0.3, -0.25) is 0 Å². The Bertz CT molecular complexity index is 1500. The van der Waals surface area contributed by atoms with Crippen molar-refractivity contribution >= 4 is 30.0 Å². The zero-order valence-electron chi connectivity index (χ0n) is 28.8. The van der Waals surface area contributed by atoms with Gasteiger partial charge in [-0.25, -0.2) is 19.2 Å². The van der Waals surface area contributed by atoms with E-state index in [1.165, 1.54) is 30.3 Å². The van der Waals surface area contributed by atoms with Crippen LogP contribution in [0, 0.1) is 0 Å². The Morgan fingerprint density at radius 1 is 0.560 bits per heavy atom. The summed E-state index contributed by atoms with van der Waals surface area (Å²) in [6, 6.07) is 19.3. The molecule has 0 radical (unpaired) electrons. The van der Waals surface area contributed by atoms with Crippen molar-refractivity contribution in [3.63, 3.8) is 0 Å². The first-order valence-electron chi connectivity index (χ1n) is 16.5. The van der Waals surface area contributed by atoms with Crippen LogP contribution in [0.15, 0.2) is 104 Å². The molecule has 0 bridgehead atoms. The topological polar surface area (TPSA) is 124 Å². The number of carbonyl (C=O) groups is 4. The molecule has 0 amide bonds. The summed E-state index contributed by atoms with van der Waals surface area (Å²) in [4.78, 5) is 46.9. The van der Waals surface area contributed by atoms with Gasteiger partial charge in [-0.15, -0.1) is 0 Å². The van der Waals surface area contributed by atoms with Crippen LogP contribution in [-0.2, 0) is 23.9 Å². The van der Waals surface area contributed by atoms with Gasteiger partial charge in [0, 0.05) is 31.4 Å². The van der Waals surface area contributed by atoms with Crippen LogP contribution in [0.1, 0.15) is 68.3 Å². The highest BCUT2D eigenvalue weighted by Crippen LogP contribution is 2.21. The fraction of sp³-hybridized carbons (Fsp3) is 0.300. The summed E-state index contributed by atoms with van der Waals surface area (Å²) in [6.07, 6.45) is 10.8. The predicted octanol–water partition coefficient (Wildman–Crippen LogP) is 8.11. The summed E-state index contributed by atoms with van der Waals surface area (Å²) in [5, 5.41) is 0. The second-order valence-corrected chi connectivity index (χ2v) is 10.6. The van der Waals surface area contributed by atoms with Crippen LogP contribution in [0.2, 0.25) is 0 Å². The van der Waals surface area contributed by atoms with Crippen LogP contribution in [0.3, 0.4) is 0 Å². The normalized spacial score (nSPS) is 10.3. The molecule has 0 unspecified atom stereocenters. The van der Waals surface area contributed by atoms with Crippen molar-refractivity contribution in [3.05, 3.63) is 115 Å². The van der Waals surface area contributed by atoms with Crippen LogP contribution in [0.25, 0.3) is 6.08 Å². The van der Waals surface area contributed by atoms with Gasteiger partial charge in [0.05, 0.1) is 18.8 Å². The van der Waals surface area contributed by atoms with E-state index >= 15 is 0 Å². The standard InChI is InChI=1S/C34H32O9.C6H14O/c1-3-31(35)40-24-8-6-5-7-23-39-27-16-12-26(13-17-27)34(38)43-30-20-18-29(19-21-30)42-33(37)22-11-25-9-14-28(15-10-25)41-32(36)4-2;1-3-5-7-6-4-2/h3-4,9-22H,1-2,5-8,23-24H2;3-6H2,1-2H3/b22-11+;. The van der Waals surface area contributed by atoms with Crippen LogP contribution in [0.5, 0.6) is 23.0 Å². The van der Waals surface area contributed by atoms with Crippen molar-refractivity contribution in [1.29, 1.82) is 0 Å². The van der Waals surface area contributed by atoms with Crippen molar-refractivity contribution in [2.45, 2.75) is 52.4 Å². The maximum Gasteiger partial charge on any atom is 0.343 e. The maximum atomic E-state index is 12.5. The monoisotopic (exact) mass is 686 g/mol. The Labute approximate surface area is 294 Å². The average Bonchev–Trinajstić information content (AvgIpc) is 3.13. The van der Waals surface area contributed by atoms with Gasteiger partial charge in [0.1, 0.15) is 23.0 Å². The highest BCUT2D eigenvalue weighted by Gasteiger charge is 2.10. The third-order valence-corrected chi connectivity index (χ3v) is 6.44. The highest BCUT2D eigenvalue weighted by atomic mass is 16.5. The molecule has 0 aliphatic heterocycles. The van der Waals surface area contributed by atoms with E-state index in [-0.39, 0.29) is 11.5 Å². The molecular weight excluding hydrogens is 640 g/mol. The number of esters is 4. The Morgan fingerprint density at radius 2 is 1.06 bits per heavy atom. The smallest absolute Gasteiger partial charge is 0.343 e. The molecule has 0 saturated heterocycles. The molecule has 0 saturated carbocycles. The van der Waals surface area contributed by atoms with Crippen molar-refractivity contribution in [1.82, 2.24) is 0 Å². The molecule has 0 N–H and O–H groups in total. The lowest BCUT2D eigenvalue weighted by molar-refractivity contribution is -0.138. The van der Waals surface area contributed by atoms with Gasteiger partial charge in [0.15, 0.2) is 0 Å². The molecule has 0 fully saturated rings. The summed E-state index contributed by atoms with van der Waals surface area (Å²) in [5.41, 5.74) is 1.06. The predicted molar refractivity (Wildman–Crippen MR) is 191 cm³/mol. The molecule has 0 aromatic heterocycles. The molecule has 3 aromatic carbocycles. The highest BCUT2D eigenvalue weighted by molar-refractivity contribution is 5.91. The second-order valence-electron chi connectivity index (χ2n) is 10.6. The van der Waals surface area contributed by atoms with Gasteiger partial charge in [-0.05, 0) is 111 Å². The number of carbonyl (C=O) groups excluding carboxylic acids is 4. The van der Waals surface area contributed by atoms with Crippen LogP contribution in [0.4, 0.5) is 0 Å². The number of benzene rings is 3. The number of rotatable bonds is 20. The zero-order valence-corrected chi connectivity index (χ0v) is 28.8. The molecule has 10 nitrogen and oxygen atoms in total. The Balaban J connectivity index is 0.00000112. The molecule has 0 heterocycles. The number of hydrogen-bond acceptors (Lipinski definition) is 10. The molecule has 0 aliphatic rings. The van der Waals surface area contributed by atoms with Crippen LogP contribution in [-0.4, -0.2) is 50.3 Å². The quantitative estimate of drug-likeness (QED) is 0.0498. The SMILES string of the molecule is C=CC(=O)OCCCCCCOc1ccc(C(=O)Oc2ccc(OC(=O)/C=C/c3ccc(OC(=O)C=C)cc3)cc2)cc1.CCCOCCC.